The summed E-state index contributed by atoms with van der Waals surface area (Å²) in [6, 6.07) is 0. The lowest BCUT2D eigenvalue weighted by atomic mass is 9.37. The van der Waals surface area contributed by atoms with Crippen LogP contribution < -0.4 is 0 Å². The van der Waals surface area contributed by atoms with Crippen molar-refractivity contribution in [3.05, 3.63) is 11.8 Å². The summed E-state index contributed by atoms with van der Waals surface area (Å²) < 4.78 is 22.9. The fraction of sp³-hybridized carbons (Fsp3) is 0.792. The summed E-state index contributed by atoms with van der Waals surface area (Å²) in [5, 5.41) is 11.7. The van der Waals surface area contributed by atoms with Crippen LogP contribution in [0.15, 0.2) is 11.8 Å². The van der Waals surface area contributed by atoms with Crippen molar-refractivity contribution in [3.63, 3.8) is 0 Å². The summed E-state index contributed by atoms with van der Waals surface area (Å²) in [5.41, 5.74) is -3.27. The molecule has 8 nitrogen and oxygen atoms in total. The minimum Gasteiger partial charge on any atom is -0.493 e. The van der Waals surface area contributed by atoms with E-state index in [1.54, 1.807) is 6.92 Å². The van der Waals surface area contributed by atoms with Crippen molar-refractivity contribution in [1.29, 1.82) is 0 Å². The Hall–Kier alpha value is -1.93. The molecule has 3 fully saturated rings. The van der Waals surface area contributed by atoms with Crippen LogP contribution >= 0.6 is 0 Å². The third kappa shape index (κ3) is 2.78. The number of esters is 2. The minimum absolute atomic E-state index is 0.000611. The topological polar surface area (TPSA) is 108 Å². The Morgan fingerprint density at radius 2 is 1.88 bits per heavy atom. The standard InChI is InChI=1S/C24H34O8/c1-11-8-14(29-6)20(27)22(3)13(11)9-16-23(4)15(10-17(26)32-16)24(5,28)21(30-7)18(19(22)23)31-12(2)25/h8,11,13,15-16,18-19,21,28H,9-10H2,1-7H3/t11-,13-,15-,16-,18+,19-,21-,22+,23-,24+/m1/s1. The maximum atomic E-state index is 13.9. The second-order valence-electron chi connectivity index (χ2n) is 10.6. The zero-order valence-electron chi connectivity index (χ0n) is 19.8. The maximum absolute atomic E-state index is 13.9. The first-order chi connectivity index (χ1) is 14.8. The smallest absolute Gasteiger partial charge is 0.306 e. The second-order valence-corrected chi connectivity index (χ2v) is 10.6. The highest BCUT2D eigenvalue weighted by molar-refractivity contribution is 6.00. The molecule has 178 valence electrons. The summed E-state index contributed by atoms with van der Waals surface area (Å²) >= 11 is 0. The normalized spacial score (nSPS) is 49.9. The van der Waals surface area contributed by atoms with E-state index in [0.29, 0.717) is 6.42 Å². The SMILES string of the molecule is COC1=C[C@@H](C)[C@H]2C[C@H]3OC(=O)C[C@H]4[C@](C)(O)[C@H](OC)[C@@H](OC(C)=O)[C@H]([C@@]2(C)C1=O)[C@@]34C. The molecule has 0 bridgehead atoms. The predicted octanol–water partition coefficient (Wildman–Crippen LogP) is 2.03. The lowest BCUT2D eigenvalue weighted by molar-refractivity contribution is -0.317. The monoisotopic (exact) mass is 450 g/mol. The van der Waals surface area contributed by atoms with Crippen molar-refractivity contribution < 1.29 is 38.4 Å². The van der Waals surface area contributed by atoms with Crippen LogP contribution in [0.2, 0.25) is 0 Å². The first kappa shape index (κ1) is 23.2. The van der Waals surface area contributed by atoms with Gasteiger partial charge in [-0.25, -0.2) is 0 Å². The van der Waals surface area contributed by atoms with Gasteiger partial charge in [-0.15, -0.1) is 0 Å². The van der Waals surface area contributed by atoms with Crippen LogP contribution in [0.3, 0.4) is 0 Å². The molecule has 2 saturated carbocycles. The van der Waals surface area contributed by atoms with Crippen molar-refractivity contribution >= 4 is 17.7 Å². The van der Waals surface area contributed by atoms with Gasteiger partial charge >= 0.3 is 11.9 Å². The van der Waals surface area contributed by atoms with Gasteiger partial charge in [0.15, 0.2) is 5.76 Å². The number of allylic oxidation sites excluding steroid dienone is 2. The van der Waals surface area contributed by atoms with Crippen molar-refractivity contribution in [2.24, 2.45) is 34.5 Å². The molecule has 0 unspecified atom stereocenters. The highest BCUT2D eigenvalue weighted by atomic mass is 16.6. The average Bonchev–Trinajstić information content (AvgIpc) is 2.69. The first-order valence-electron chi connectivity index (χ1n) is 11.3. The maximum Gasteiger partial charge on any atom is 0.306 e. The lowest BCUT2D eigenvalue weighted by Crippen LogP contribution is -2.78. The van der Waals surface area contributed by atoms with E-state index in [2.05, 4.69) is 0 Å². The van der Waals surface area contributed by atoms with Crippen LogP contribution in [0.5, 0.6) is 0 Å². The van der Waals surface area contributed by atoms with Gasteiger partial charge < -0.3 is 24.1 Å². The summed E-state index contributed by atoms with van der Waals surface area (Å²) in [7, 11) is 2.93. The molecular formula is C24H34O8. The third-order valence-corrected chi connectivity index (χ3v) is 9.09. The molecule has 0 aromatic heterocycles. The number of fused-ring (bicyclic) bond motifs is 2. The van der Waals surface area contributed by atoms with Gasteiger partial charge in [0.2, 0.25) is 5.78 Å². The van der Waals surface area contributed by atoms with Crippen molar-refractivity contribution in [1.82, 2.24) is 0 Å². The average molecular weight is 451 g/mol. The van der Waals surface area contributed by atoms with Crippen molar-refractivity contribution in [2.75, 3.05) is 14.2 Å². The van der Waals surface area contributed by atoms with Gasteiger partial charge in [-0.2, -0.15) is 0 Å². The summed E-state index contributed by atoms with van der Waals surface area (Å²) in [4.78, 5) is 38.7. The second kappa shape index (κ2) is 7.29. The van der Waals surface area contributed by atoms with Gasteiger partial charge in [-0.1, -0.05) is 20.8 Å². The largest absolute Gasteiger partial charge is 0.493 e. The van der Waals surface area contributed by atoms with E-state index in [1.165, 1.54) is 21.1 Å². The third-order valence-electron chi connectivity index (χ3n) is 9.09. The van der Waals surface area contributed by atoms with E-state index < -0.39 is 52.5 Å². The van der Waals surface area contributed by atoms with Crippen LogP contribution in [-0.2, 0) is 33.3 Å². The Labute approximate surface area is 188 Å². The molecule has 10 atom stereocenters. The number of hydrogen-bond donors (Lipinski definition) is 1. The molecule has 8 heteroatoms. The molecule has 1 saturated heterocycles. The Morgan fingerprint density at radius 3 is 2.44 bits per heavy atom. The number of ether oxygens (including phenoxy) is 4. The number of rotatable bonds is 3. The molecule has 0 radical (unpaired) electrons. The van der Waals surface area contributed by atoms with E-state index in [0.717, 1.165) is 0 Å². The number of methoxy groups -OCH3 is 2. The minimum atomic E-state index is -1.48. The molecule has 0 amide bonds. The molecule has 0 spiro atoms. The Kier molecular flexibility index (Phi) is 5.29. The Balaban J connectivity index is 2.00. The van der Waals surface area contributed by atoms with Crippen LogP contribution in [0.4, 0.5) is 0 Å². The zero-order chi connectivity index (χ0) is 23.8. The van der Waals surface area contributed by atoms with Crippen LogP contribution in [0.25, 0.3) is 0 Å². The molecule has 32 heavy (non-hydrogen) atoms. The van der Waals surface area contributed by atoms with Gasteiger partial charge in [-0.3, -0.25) is 14.4 Å². The van der Waals surface area contributed by atoms with Gasteiger partial charge in [0.1, 0.15) is 18.3 Å². The number of Topliss-reactive ketones (excluding diaryl/α,β-unsaturated/α-hetero) is 1. The number of carbonyl (C=O) groups is 3. The van der Waals surface area contributed by atoms with Crippen molar-refractivity contribution in [2.45, 2.75) is 71.4 Å². The van der Waals surface area contributed by atoms with Crippen molar-refractivity contribution in [3.8, 4) is 0 Å². The quantitative estimate of drug-likeness (QED) is 0.651. The molecular weight excluding hydrogens is 416 g/mol. The zero-order valence-corrected chi connectivity index (χ0v) is 19.8. The van der Waals surface area contributed by atoms with Crippen LogP contribution in [0, 0.1) is 34.5 Å². The highest BCUT2D eigenvalue weighted by Gasteiger charge is 2.76. The molecule has 4 rings (SSSR count). The molecule has 4 aliphatic rings. The van der Waals surface area contributed by atoms with Gasteiger partial charge in [0, 0.05) is 36.7 Å². The number of aliphatic hydroxyl groups is 1. The molecule has 3 aliphatic carbocycles. The van der Waals surface area contributed by atoms with E-state index in [1.807, 2.05) is 26.8 Å². The van der Waals surface area contributed by atoms with Gasteiger partial charge in [-0.05, 0) is 31.3 Å². The molecule has 1 heterocycles. The van der Waals surface area contributed by atoms with Crippen LogP contribution in [0.1, 0.15) is 47.5 Å². The fourth-order valence-corrected chi connectivity index (χ4v) is 7.87. The molecule has 0 aromatic carbocycles. The summed E-state index contributed by atoms with van der Waals surface area (Å²) in [5.74, 6) is -2.06. The summed E-state index contributed by atoms with van der Waals surface area (Å²) in [6.45, 7) is 8.82. The van der Waals surface area contributed by atoms with E-state index in [-0.39, 0.29) is 35.8 Å². The molecule has 1 aliphatic heterocycles. The summed E-state index contributed by atoms with van der Waals surface area (Å²) in [6.07, 6.45) is -0.0443. The number of ketones is 1. The highest BCUT2D eigenvalue weighted by Crippen LogP contribution is 2.69. The molecule has 1 N–H and O–H groups in total. The number of hydrogen-bond acceptors (Lipinski definition) is 8. The van der Waals surface area contributed by atoms with E-state index >= 15 is 0 Å². The lowest BCUT2D eigenvalue weighted by Gasteiger charge is -2.69. The molecule has 0 aromatic rings. The van der Waals surface area contributed by atoms with Gasteiger partial charge in [0.05, 0.1) is 19.1 Å². The van der Waals surface area contributed by atoms with Crippen LogP contribution in [-0.4, -0.2) is 61.0 Å². The van der Waals surface area contributed by atoms with E-state index in [9.17, 15) is 19.5 Å². The Morgan fingerprint density at radius 1 is 1.22 bits per heavy atom. The predicted molar refractivity (Wildman–Crippen MR) is 112 cm³/mol. The van der Waals surface area contributed by atoms with Gasteiger partial charge in [0.25, 0.3) is 0 Å². The number of carbonyl (C=O) groups excluding carboxylic acids is 3. The Bertz CT molecular complexity index is 877. The van der Waals surface area contributed by atoms with E-state index in [4.69, 9.17) is 18.9 Å². The first-order valence-corrected chi connectivity index (χ1v) is 11.3. The fourth-order valence-electron chi connectivity index (χ4n) is 7.87.